The Kier molecular flexibility index (Phi) is 4.59. The minimum Gasteiger partial charge on any atom is -0.489 e. The molecule has 0 radical (unpaired) electrons. The van der Waals surface area contributed by atoms with E-state index < -0.39 is 23.3 Å². The quantitative estimate of drug-likeness (QED) is 0.838. The second kappa shape index (κ2) is 6.84. The molecule has 3 rings (SSSR count). The van der Waals surface area contributed by atoms with E-state index in [-0.39, 0.29) is 18.9 Å². The number of nitrogens with one attached hydrogen (secondary N) is 1. The molecule has 0 saturated carbocycles. The van der Waals surface area contributed by atoms with Crippen molar-refractivity contribution in [2.75, 3.05) is 13.2 Å². The molecule has 1 heterocycles. The Balaban J connectivity index is 1.70. The third kappa shape index (κ3) is 3.09. The van der Waals surface area contributed by atoms with Crippen LogP contribution in [0.25, 0.3) is 0 Å². The monoisotopic (exact) mass is 353 g/mol. The molecule has 3 amide bonds. The van der Waals surface area contributed by atoms with Crippen molar-refractivity contribution < 1.29 is 18.7 Å². The smallest absolute Gasteiger partial charge is 0.325 e. The number of benzene rings is 2. The standard InChI is InChI=1S/C19H16FN3O3/c1-19(14-8-6-13(12-21)7-9-14)17(24)23(18(25)22-19)10-11-26-16-5-3-2-4-15(16)20/h2-9H,10-11H2,1H3,(H,22,25)/t19-/m0/s1. The highest BCUT2D eigenvalue weighted by Crippen LogP contribution is 2.29. The van der Waals surface area contributed by atoms with Gasteiger partial charge in [0.25, 0.3) is 5.91 Å². The minimum atomic E-state index is -1.22. The van der Waals surface area contributed by atoms with Crippen molar-refractivity contribution in [1.29, 1.82) is 5.26 Å². The first kappa shape index (κ1) is 17.4. The van der Waals surface area contributed by atoms with Gasteiger partial charge in [-0.05, 0) is 36.8 Å². The van der Waals surface area contributed by atoms with Crippen molar-refractivity contribution in [2.24, 2.45) is 0 Å². The molecular weight excluding hydrogens is 337 g/mol. The molecule has 0 aliphatic carbocycles. The summed E-state index contributed by atoms with van der Waals surface area (Å²) in [4.78, 5) is 26.0. The lowest BCUT2D eigenvalue weighted by Crippen LogP contribution is -2.41. The largest absolute Gasteiger partial charge is 0.489 e. The third-order valence-electron chi connectivity index (χ3n) is 4.28. The highest BCUT2D eigenvalue weighted by molar-refractivity contribution is 6.07. The number of halogens is 1. The fourth-order valence-corrected chi connectivity index (χ4v) is 2.78. The molecule has 0 aromatic heterocycles. The first-order valence-electron chi connectivity index (χ1n) is 7.98. The van der Waals surface area contributed by atoms with E-state index >= 15 is 0 Å². The van der Waals surface area contributed by atoms with Crippen LogP contribution in [0.4, 0.5) is 9.18 Å². The van der Waals surface area contributed by atoms with Crippen LogP contribution in [0.1, 0.15) is 18.1 Å². The van der Waals surface area contributed by atoms with Gasteiger partial charge < -0.3 is 10.1 Å². The fraction of sp³-hybridized carbons (Fsp3) is 0.211. The molecule has 1 atom stereocenters. The van der Waals surface area contributed by atoms with Crippen LogP contribution >= 0.6 is 0 Å². The second-order valence-electron chi connectivity index (χ2n) is 5.98. The molecule has 2 aromatic carbocycles. The Morgan fingerprint density at radius 3 is 2.54 bits per heavy atom. The number of amides is 3. The van der Waals surface area contributed by atoms with Crippen LogP contribution in [0.3, 0.4) is 0 Å². The number of nitrogens with zero attached hydrogens (tertiary/aromatic N) is 2. The SMILES string of the molecule is C[C@@]1(c2ccc(C#N)cc2)NC(=O)N(CCOc2ccccc2F)C1=O. The van der Waals surface area contributed by atoms with Crippen molar-refractivity contribution in [3.05, 3.63) is 65.5 Å². The fourth-order valence-electron chi connectivity index (χ4n) is 2.78. The predicted octanol–water partition coefficient (Wildman–Crippen LogP) is 2.54. The number of hydrogen-bond donors (Lipinski definition) is 1. The van der Waals surface area contributed by atoms with Crippen LogP contribution in [0, 0.1) is 17.1 Å². The first-order chi connectivity index (χ1) is 12.5. The van der Waals surface area contributed by atoms with Crippen LogP contribution in [-0.4, -0.2) is 30.0 Å². The van der Waals surface area contributed by atoms with Gasteiger partial charge in [0.05, 0.1) is 18.2 Å². The van der Waals surface area contributed by atoms with E-state index in [4.69, 9.17) is 10.00 Å². The van der Waals surface area contributed by atoms with E-state index in [1.807, 2.05) is 6.07 Å². The number of carbonyl (C=O) groups excluding carboxylic acids is 2. The number of rotatable bonds is 5. The summed E-state index contributed by atoms with van der Waals surface area (Å²) in [5.74, 6) is -0.870. The van der Waals surface area contributed by atoms with Crippen molar-refractivity contribution in [1.82, 2.24) is 10.2 Å². The van der Waals surface area contributed by atoms with Crippen LogP contribution < -0.4 is 10.1 Å². The maximum absolute atomic E-state index is 13.5. The summed E-state index contributed by atoms with van der Waals surface area (Å²) in [7, 11) is 0. The summed E-state index contributed by atoms with van der Waals surface area (Å²) in [6, 6.07) is 13.8. The van der Waals surface area contributed by atoms with Gasteiger partial charge in [0, 0.05) is 0 Å². The molecule has 0 unspecified atom stereocenters. The summed E-state index contributed by atoms with van der Waals surface area (Å²) in [6.45, 7) is 1.57. The normalized spacial score (nSPS) is 19.2. The number of imide groups is 1. The Hall–Kier alpha value is -3.40. The van der Waals surface area contributed by atoms with Crippen molar-refractivity contribution in [2.45, 2.75) is 12.5 Å². The highest BCUT2D eigenvalue weighted by atomic mass is 19.1. The summed E-state index contributed by atoms with van der Waals surface area (Å²) in [6.07, 6.45) is 0. The summed E-state index contributed by atoms with van der Waals surface area (Å²) in [5.41, 5.74) is -0.181. The van der Waals surface area contributed by atoms with Crippen LogP contribution in [0.5, 0.6) is 5.75 Å². The predicted molar refractivity (Wildman–Crippen MR) is 90.6 cm³/mol. The van der Waals surface area contributed by atoms with Gasteiger partial charge in [-0.25, -0.2) is 9.18 Å². The molecule has 1 aliphatic rings. The van der Waals surface area contributed by atoms with Crippen molar-refractivity contribution >= 4 is 11.9 Å². The van der Waals surface area contributed by atoms with Gasteiger partial charge in [-0.15, -0.1) is 0 Å². The Morgan fingerprint density at radius 2 is 1.88 bits per heavy atom. The van der Waals surface area contributed by atoms with Crippen LogP contribution in [-0.2, 0) is 10.3 Å². The van der Waals surface area contributed by atoms with E-state index in [1.165, 1.54) is 12.1 Å². The Bertz CT molecular complexity index is 892. The number of urea groups is 1. The molecule has 1 saturated heterocycles. The lowest BCUT2D eigenvalue weighted by Gasteiger charge is -2.22. The first-order valence-corrected chi connectivity index (χ1v) is 7.98. The van der Waals surface area contributed by atoms with Gasteiger partial charge in [0.2, 0.25) is 0 Å². The van der Waals surface area contributed by atoms with E-state index in [0.717, 1.165) is 4.90 Å². The zero-order chi connectivity index (χ0) is 18.7. The molecule has 0 spiro atoms. The zero-order valence-electron chi connectivity index (χ0n) is 14.0. The minimum absolute atomic E-state index is 0.00906. The van der Waals surface area contributed by atoms with E-state index in [9.17, 15) is 14.0 Å². The zero-order valence-corrected chi connectivity index (χ0v) is 14.0. The van der Waals surface area contributed by atoms with Crippen molar-refractivity contribution in [3.63, 3.8) is 0 Å². The molecule has 0 bridgehead atoms. The van der Waals surface area contributed by atoms with Gasteiger partial charge in [-0.1, -0.05) is 24.3 Å². The van der Waals surface area contributed by atoms with Gasteiger partial charge in [-0.2, -0.15) is 5.26 Å². The number of para-hydroxylation sites is 1. The third-order valence-corrected chi connectivity index (χ3v) is 4.28. The molecule has 1 fully saturated rings. The van der Waals surface area contributed by atoms with Crippen molar-refractivity contribution in [3.8, 4) is 11.8 Å². The number of ether oxygens (including phenoxy) is 1. The highest BCUT2D eigenvalue weighted by Gasteiger charge is 2.48. The van der Waals surface area contributed by atoms with E-state index in [0.29, 0.717) is 11.1 Å². The molecular formula is C19H16FN3O3. The number of carbonyl (C=O) groups is 2. The number of nitriles is 1. The maximum atomic E-state index is 13.5. The van der Waals surface area contributed by atoms with Gasteiger partial charge in [0.1, 0.15) is 12.1 Å². The topological polar surface area (TPSA) is 82.4 Å². The van der Waals surface area contributed by atoms with Crippen LogP contribution in [0.15, 0.2) is 48.5 Å². The molecule has 6 nitrogen and oxygen atoms in total. The molecule has 132 valence electrons. The summed E-state index contributed by atoms with van der Waals surface area (Å²) in [5, 5.41) is 11.5. The number of hydrogen-bond acceptors (Lipinski definition) is 4. The van der Waals surface area contributed by atoms with E-state index in [1.54, 1.807) is 43.3 Å². The second-order valence-corrected chi connectivity index (χ2v) is 5.98. The lowest BCUT2D eigenvalue weighted by atomic mass is 9.91. The Morgan fingerprint density at radius 1 is 1.19 bits per heavy atom. The average molecular weight is 353 g/mol. The maximum Gasteiger partial charge on any atom is 0.325 e. The lowest BCUT2D eigenvalue weighted by molar-refractivity contribution is -0.131. The molecule has 1 N–H and O–H groups in total. The average Bonchev–Trinajstić information content (AvgIpc) is 2.87. The molecule has 1 aliphatic heterocycles. The summed E-state index contributed by atoms with van der Waals surface area (Å²) >= 11 is 0. The van der Waals surface area contributed by atoms with Gasteiger partial charge in [0.15, 0.2) is 11.6 Å². The molecule has 2 aromatic rings. The molecule has 26 heavy (non-hydrogen) atoms. The molecule has 7 heteroatoms. The van der Waals surface area contributed by atoms with E-state index in [2.05, 4.69) is 5.32 Å². The van der Waals surface area contributed by atoms with Gasteiger partial charge in [-0.3, -0.25) is 9.69 Å². The summed E-state index contributed by atoms with van der Waals surface area (Å²) < 4.78 is 18.9. The van der Waals surface area contributed by atoms with Gasteiger partial charge >= 0.3 is 6.03 Å². The van der Waals surface area contributed by atoms with Crippen LogP contribution in [0.2, 0.25) is 0 Å². The Labute approximate surface area is 149 Å².